The molecule has 0 saturated carbocycles. The highest BCUT2D eigenvalue weighted by Crippen LogP contribution is 2.29. The molecule has 1 aromatic carbocycles. The van der Waals surface area contributed by atoms with E-state index >= 15 is 0 Å². The average molecular weight is 376 g/mol. The van der Waals surface area contributed by atoms with E-state index in [9.17, 15) is 8.42 Å². The smallest absolute Gasteiger partial charge is 0.240 e. The molecule has 0 amide bonds. The van der Waals surface area contributed by atoms with Gasteiger partial charge in [-0.05, 0) is 42.8 Å². The summed E-state index contributed by atoms with van der Waals surface area (Å²) in [7, 11) is -0.565. The van der Waals surface area contributed by atoms with Gasteiger partial charge < -0.3 is 9.47 Å². The number of sulfonamides is 1. The summed E-state index contributed by atoms with van der Waals surface area (Å²) in [5.74, 6) is 0.615. The molecular weight excluding hydrogens is 358 g/mol. The maximum Gasteiger partial charge on any atom is 0.240 e. The van der Waals surface area contributed by atoms with E-state index in [1.807, 2.05) is 6.07 Å². The lowest BCUT2D eigenvalue weighted by Crippen LogP contribution is -2.29. The van der Waals surface area contributed by atoms with Crippen molar-refractivity contribution in [1.29, 1.82) is 0 Å². The van der Waals surface area contributed by atoms with E-state index in [-0.39, 0.29) is 17.5 Å². The third-order valence-electron chi connectivity index (χ3n) is 3.33. The molecule has 2 rings (SSSR count). The van der Waals surface area contributed by atoms with Crippen LogP contribution < -0.4 is 9.46 Å². The summed E-state index contributed by atoms with van der Waals surface area (Å²) in [5, 5.41) is 0. The normalized spacial score (nSPS) is 13.0. The van der Waals surface area contributed by atoms with Gasteiger partial charge in [-0.2, -0.15) is 0 Å². The molecule has 1 heterocycles. The summed E-state index contributed by atoms with van der Waals surface area (Å²) >= 11 is 7.27. The quantitative estimate of drug-likeness (QED) is 0.805. The van der Waals surface area contributed by atoms with Crippen LogP contribution in [-0.2, 0) is 14.8 Å². The van der Waals surface area contributed by atoms with Gasteiger partial charge in [-0.1, -0.05) is 11.6 Å². The van der Waals surface area contributed by atoms with E-state index in [1.165, 1.54) is 31.6 Å². The van der Waals surface area contributed by atoms with Gasteiger partial charge in [0.25, 0.3) is 0 Å². The molecule has 1 N–H and O–H groups in total. The SMILES string of the molecule is COc1ccc(S(=O)(=O)NC[C@H](OC)c2ccc(Cl)s2)c(C)c1. The maximum atomic E-state index is 12.5. The molecule has 0 bridgehead atoms. The Morgan fingerprint density at radius 2 is 2.00 bits per heavy atom. The van der Waals surface area contributed by atoms with Gasteiger partial charge in [0.1, 0.15) is 11.9 Å². The minimum Gasteiger partial charge on any atom is -0.497 e. The Hall–Kier alpha value is -1.12. The maximum absolute atomic E-state index is 12.5. The van der Waals surface area contributed by atoms with Gasteiger partial charge in [0.2, 0.25) is 10.0 Å². The number of ether oxygens (including phenoxy) is 2. The van der Waals surface area contributed by atoms with Gasteiger partial charge in [0.15, 0.2) is 0 Å². The van der Waals surface area contributed by atoms with Crippen LogP contribution in [0.15, 0.2) is 35.2 Å². The van der Waals surface area contributed by atoms with E-state index < -0.39 is 10.0 Å². The molecule has 0 fully saturated rings. The average Bonchev–Trinajstić information content (AvgIpc) is 2.93. The number of aryl methyl sites for hydroxylation is 1. The second-order valence-electron chi connectivity index (χ2n) is 4.85. The number of halogens is 1. The van der Waals surface area contributed by atoms with Crippen molar-refractivity contribution in [2.75, 3.05) is 20.8 Å². The first-order valence-electron chi connectivity index (χ1n) is 6.79. The predicted molar refractivity (Wildman–Crippen MR) is 92.0 cm³/mol. The number of rotatable bonds is 7. The van der Waals surface area contributed by atoms with Crippen LogP contribution in [0.2, 0.25) is 4.34 Å². The molecule has 5 nitrogen and oxygen atoms in total. The summed E-state index contributed by atoms with van der Waals surface area (Å²) in [5.41, 5.74) is 0.616. The van der Waals surface area contributed by atoms with Crippen LogP contribution in [0.3, 0.4) is 0 Å². The topological polar surface area (TPSA) is 64.6 Å². The Bertz CT molecular complexity index is 774. The molecule has 0 spiro atoms. The van der Waals surface area contributed by atoms with Crippen molar-refractivity contribution >= 4 is 33.0 Å². The summed E-state index contributed by atoms with van der Waals surface area (Å²) < 4.78 is 38.6. The van der Waals surface area contributed by atoms with Gasteiger partial charge in [-0.15, -0.1) is 11.3 Å². The van der Waals surface area contributed by atoms with E-state index in [0.717, 1.165) is 4.88 Å². The molecule has 0 saturated heterocycles. The van der Waals surface area contributed by atoms with Crippen LogP contribution >= 0.6 is 22.9 Å². The lowest BCUT2D eigenvalue weighted by molar-refractivity contribution is 0.110. The Morgan fingerprint density at radius 1 is 1.26 bits per heavy atom. The minimum absolute atomic E-state index is 0.126. The number of methoxy groups -OCH3 is 2. The zero-order chi connectivity index (χ0) is 17.0. The molecule has 8 heteroatoms. The minimum atomic E-state index is -3.64. The van der Waals surface area contributed by atoms with Gasteiger partial charge in [0, 0.05) is 18.5 Å². The highest BCUT2D eigenvalue weighted by Gasteiger charge is 2.21. The molecule has 126 valence electrons. The molecule has 0 unspecified atom stereocenters. The summed E-state index contributed by atoms with van der Waals surface area (Å²) in [6, 6.07) is 8.42. The molecule has 0 radical (unpaired) electrons. The third kappa shape index (κ3) is 4.45. The lowest BCUT2D eigenvalue weighted by Gasteiger charge is -2.16. The molecule has 0 aliphatic heterocycles. The van der Waals surface area contributed by atoms with E-state index in [2.05, 4.69) is 4.72 Å². The standard InChI is InChI=1S/C15H18ClNO4S2/c1-10-8-11(20-2)4-6-14(10)23(18,19)17-9-12(21-3)13-5-7-15(16)22-13/h4-8,12,17H,9H2,1-3H3/t12-/m0/s1. The van der Waals surface area contributed by atoms with Crippen LogP contribution in [0, 0.1) is 6.92 Å². The van der Waals surface area contributed by atoms with Crippen LogP contribution in [0.25, 0.3) is 0 Å². The third-order valence-corrected chi connectivity index (χ3v) is 6.23. The second-order valence-corrected chi connectivity index (χ2v) is 8.33. The Kier molecular flexibility index (Phi) is 6.05. The molecule has 0 aliphatic rings. The van der Waals surface area contributed by atoms with Crippen molar-refractivity contribution in [3.63, 3.8) is 0 Å². The van der Waals surface area contributed by atoms with Crippen molar-refractivity contribution in [1.82, 2.24) is 4.72 Å². The first-order chi connectivity index (χ1) is 10.9. The number of thiophene rings is 1. The van der Waals surface area contributed by atoms with Crippen molar-refractivity contribution in [2.45, 2.75) is 17.9 Å². The zero-order valence-electron chi connectivity index (χ0n) is 13.0. The van der Waals surface area contributed by atoms with Crippen molar-refractivity contribution in [3.05, 3.63) is 45.1 Å². The van der Waals surface area contributed by atoms with Crippen LogP contribution in [0.4, 0.5) is 0 Å². The highest BCUT2D eigenvalue weighted by atomic mass is 35.5. The van der Waals surface area contributed by atoms with Gasteiger partial charge in [-0.3, -0.25) is 0 Å². The Labute approximate surface area is 145 Å². The van der Waals surface area contributed by atoms with Crippen molar-refractivity contribution in [3.8, 4) is 5.75 Å². The van der Waals surface area contributed by atoms with E-state index in [1.54, 1.807) is 25.1 Å². The summed E-state index contributed by atoms with van der Waals surface area (Å²) in [6.45, 7) is 1.85. The summed E-state index contributed by atoms with van der Waals surface area (Å²) in [4.78, 5) is 1.09. The van der Waals surface area contributed by atoms with Gasteiger partial charge in [-0.25, -0.2) is 13.1 Å². The van der Waals surface area contributed by atoms with Crippen LogP contribution in [0.1, 0.15) is 16.5 Å². The molecule has 23 heavy (non-hydrogen) atoms. The number of benzene rings is 1. The number of hydrogen-bond acceptors (Lipinski definition) is 5. The second kappa shape index (κ2) is 7.63. The first-order valence-corrected chi connectivity index (χ1v) is 9.47. The van der Waals surface area contributed by atoms with Crippen LogP contribution in [0.5, 0.6) is 5.75 Å². The Balaban J connectivity index is 2.14. The predicted octanol–water partition coefficient (Wildman–Crippen LogP) is 3.38. The van der Waals surface area contributed by atoms with Gasteiger partial charge in [0.05, 0.1) is 16.3 Å². The summed E-state index contributed by atoms with van der Waals surface area (Å²) in [6.07, 6.45) is -0.388. The van der Waals surface area contributed by atoms with Gasteiger partial charge >= 0.3 is 0 Å². The monoisotopic (exact) mass is 375 g/mol. The van der Waals surface area contributed by atoms with E-state index in [0.29, 0.717) is 15.6 Å². The molecule has 0 aliphatic carbocycles. The molecule has 2 aromatic rings. The lowest BCUT2D eigenvalue weighted by atomic mass is 10.2. The largest absolute Gasteiger partial charge is 0.497 e. The first kappa shape index (κ1) is 18.2. The Morgan fingerprint density at radius 3 is 2.52 bits per heavy atom. The van der Waals surface area contributed by atoms with Crippen molar-refractivity contribution in [2.24, 2.45) is 0 Å². The van der Waals surface area contributed by atoms with Crippen molar-refractivity contribution < 1.29 is 17.9 Å². The number of nitrogens with one attached hydrogen (secondary N) is 1. The molecule has 1 aromatic heterocycles. The fourth-order valence-corrected chi connectivity index (χ4v) is 4.51. The highest BCUT2D eigenvalue weighted by molar-refractivity contribution is 7.89. The zero-order valence-corrected chi connectivity index (χ0v) is 15.4. The molecule has 1 atom stereocenters. The number of hydrogen-bond donors (Lipinski definition) is 1. The fourth-order valence-electron chi connectivity index (χ4n) is 2.11. The van der Waals surface area contributed by atoms with Crippen LogP contribution in [-0.4, -0.2) is 29.2 Å². The van der Waals surface area contributed by atoms with E-state index in [4.69, 9.17) is 21.1 Å². The fraction of sp³-hybridized carbons (Fsp3) is 0.333. The molecular formula is C15H18ClNO4S2.